The molecule has 0 aliphatic carbocycles. The van der Waals surface area contributed by atoms with Crippen LogP contribution in [-0.2, 0) is 0 Å². The van der Waals surface area contributed by atoms with Gasteiger partial charge in [0.15, 0.2) is 0 Å². The van der Waals surface area contributed by atoms with Crippen LogP contribution in [0.4, 0.5) is 5.69 Å². The molecule has 80 valence electrons. The first-order chi connectivity index (χ1) is 7.25. The van der Waals surface area contributed by atoms with Crippen LogP contribution in [0.3, 0.4) is 0 Å². The van der Waals surface area contributed by atoms with Crippen LogP contribution >= 0.6 is 0 Å². The molecule has 1 heterocycles. The van der Waals surface area contributed by atoms with Crippen LogP contribution < -0.4 is 10.3 Å². The van der Waals surface area contributed by atoms with Crippen LogP contribution in [0.5, 0.6) is 0 Å². The number of hydrogen-bond donors (Lipinski definition) is 2. The fourth-order valence-corrected chi connectivity index (χ4v) is 1.83. The Kier molecular flexibility index (Phi) is 3.05. The van der Waals surface area contributed by atoms with Crippen molar-refractivity contribution in [1.82, 2.24) is 0 Å². The average Bonchev–Trinajstić information content (AvgIpc) is 2.71. The Hall–Kier alpha value is -1.31. The maximum atomic E-state index is 3.41. The van der Waals surface area contributed by atoms with Crippen molar-refractivity contribution in [3.8, 4) is 0 Å². The van der Waals surface area contributed by atoms with Gasteiger partial charge in [0.1, 0.15) is 5.69 Å². The molecule has 0 fully saturated rings. The minimum Gasteiger partial charge on any atom is -0.278 e. The fourth-order valence-electron chi connectivity index (χ4n) is 1.83. The predicted octanol–water partition coefficient (Wildman–Crippen LogP) is 1.49. The highest BCUT2D eigenvalue weighted by atomic mass is 15.0. The molecule has 2 rings (SSSR count). The molecule has 0 spiro atoms. The molecule has 2 heteroatoms. The molecule has 1 aliphatic rings. The second-order valence-corrected chi connectivity index (χ2v) is 4.41. The topological polar surface area (TPSA) is 26.0 Å². The van der Waals surface area contributed by atoms with E-state index in [4.69, 9.17) is 0 Å². The van der Waals surface area contributed by atoms with Crippen molar-refractivity contribution in [3.63, 3.8) is 0 Å². The first-order valence-electron chi connectivity index (χ1n) is 5.72. The molecule has 2 nitrogen and oxygen atoms in total. The van der Waals surface area contributed by atoms with Gasteiger partial charge in [0.2, 0.25) is 5.84 Å². The lowest BCUT2D eigenvalue weighted by Gasteiger charge is -2.05. The van der Waals surface area contributed by atoms with Crippen LogP contribution in [0.15, 0.2) is 24.3 Å². The van der Waals surface area contributed by atoms with Gasteiger partial charge < -0.3 is 0 Å². The number of benzene rings is 1. The van der Waals surface area contributed by atoms with Gasteiger partial charge in [0.25, 0.3) is 0 Å². The normalized spacial score (nSPS) is 15.5. The van der Waals surface area contributed by atoms with E-state index in [-0.39, 0.29) is 0 Å². The van der Waals surface area contributed by atoms with E-state index >= 15 is 0 Å². The highest BCUT2D eigenvalue weighted by Gasteiger charge is 2.12. The molecule has 2 N–H and O–H groups in total. The number of hydrogen-bond acceptors (Lipinski definition) is 1. The van der Waals surface area contributed by atoms with Gasteiger partial charge >= 0.3 is 0 Å². The summed E-state index contributed by atoms with van der Waals surface area (Å²) in [6.45, 7) is 5.54. The molecule has 0 amide bonds. The van der Waals surface area contributed by atoms with Gasteiger partial charge in [-0.2, -0.15) is 0 Å². The molecule has 0 aromatic heterocycles. The summed E-state index contributed by atoms with van der Waals surface area (Å²) in [7, 11) is 0. The van der Waals surface area contributed by atoms with E-state index in [2.05, 4.69) is 48.4 Å². The first-order valence-corrected chi connectivity index (χ1v) is 5.72. The van der Waals surface area contributed by atoms with Crippen molar-refractivity contribution in [2.75, 3.05) is 11.9 Å². The molecule has 1 aliphatic heterocycles. The summed E-state index contributed by atoms with van der Waals surface area (Å²) in [5, 5.41) is 3.41. The SMILES string of the molecule is CC(C)c1ccc(NC2=[NH+]CCC2)cc1. The molecule has 1 aromatic rings. The fraction of sp³-hybridized carbons (Fsp3) is 0.462. The third kappa shape index (κ3) is 2.58. The van der Waals surface area contributed by atoms with E-state index < -0.39 is 0 Å². The number of amidine groups is 1. The highest BCUT2D eigenvalue weighted by Crippen LogP contribution is 2.17. The highest BCUT2D eigenvalue weighted by molar-refractivity contribution is 5.91. The van der Waals surface area contributed by atoms with Crippen molar-refractivity contribution in [2.24, 2.45) is 0 Å². The predicted molar refractivity (Wildman–Crippen MR) is 64.2 cm³/mol. The molecular formula is C13H19N2+. The molecule has 0 saturated heterocycles. The van der Waals surface area contributed by atoms with Gasteiger partial charge in [-0.25, -0.2) is 5.32 Å². The van der Waals surface area contributed by atoms with Crippen molar-refractivity contribution in [1.29, 1.82) is 0 Å². The molecule has 0 radical (unpaired) electrons. The summed E-state index contributed by atoms with van der Waals surface area (Å²) >= 11 is 0. The van der Waals surface area contributed by atoms with Crippen molar-refractivity contribution >= 4 is 11.5 Å². The number of anilines is 1. The molecule has 15 heavy (non-hydrogen) atoms. The number of nitrogens with one attached hydrogen (secondary N) is 2. The van der Waals surface area contributed by atoms with E-state index in [0.29, 0.717) is 5.92 Å². The molecule has 1 aromatic carbocycles. The summed E-state index contributed by atoms with van der Waals surface area (Å²) < 4.78 is 0. The van der Waals surface area contributed by atoms with Gasteiger partial charge in [-0.15, -0.1) is 0 Å². The maximum absolute atomic E-state index is 3.41. The van der Waals surface area contributed by atoms with Gasteiger partial charge in [-0.05, 0) is 30.0 Å². The van der Waals surface area contributed by atoms with E-state index in [1.54, 1.807) is 0 Å². The Labute approximate surface area is 91.4 Å². The maximum Gasteiger partial charge on any atom is 0.247 e. The minimum absolute atomic E-state index is 0.608. The average molecular weight is 203 g/mol. The largest absolute Gasteiger partial charge is 0.278 e. The second kappa shape index (κ2) is 4.47. The zero-order valence-electron chi connectivity index (χ0n) is 9.51. The lowest BCUT2D eigenvalue weighted by Crippen LogP contribution is -2.70. The Morgan fingerprint density at radius 2 is 1.93 bits per heavy atom. The quantitative estimate of drug-likeness (QED) is 0.748. The monoisotopic (exact) mass is 203 g/mol. The summed E-state index contributed by atoms with van der Waals surface area (Å²) in [6.07, 6.45) is 2.39. The molecule has 0 saturated carbocycles. The van der Waals surface area contributed by atoms with Crippen LogP contribution in [0, 0.1) is 0 Å². The third-order valence-electron chi connectivity index (χ3n) is 2.81. The summed E-state index contributed by atoms with van der Waals surface area (Å²) in [6, 6.07) is 8.70. The first kappa shape index (κ1) is 10.2. The molecule has 0 unspecified atom stereocenters. The smallest absolute Gasteiger partial charge is 0.247 e. The Bertz CT molecular complexity index is 349. The molecule has 0 bridgehead atoms. The van der Waals surface area contributed by atoms with Crippen molar-refractivity contribution in [2.45, 2.75) is 32.6 Å². The third-order valence-corrected chi connectivity index (χ3v) is 2.81. The van der Waals surface area contributed by atoms with Crippen molar-refractivity contribution < 1.29 is 4.99 Å². The Balaban J connectivity index is 2.03. The van der Waals surface area contributed by atoms with E-state index in [9.17, 15) is 0 Å². The van der Waals surface area contributed by atoms with Crippen LogP contribution in [0.25, 0.3) is 0 Å². The lowest BCUT2D eigenvalue weighted by atomic mass is 10.0. The van der Waals surface area contributed by atoms with Gasteiger partial charge in [-0.3, -0.25) is 4.99 Å². The van der Waals surface area contributed by atoms with E-state index in [0.717, 1.165) is 13.0 Å². The zero-order chi connectivity index (χ0) is 10.7. The van der Waals surface area contributed by atoms with Crippen molar-refractivity contribution in [3.05, 3.63) is 29.8 Å². The summed E-state index contributed by atoms with van der Waals surface area (Å²) in [4.78, 5) is 3.35. The molecular weight excluding hydrogens is 184 g/mol. The van der Waals surface area contributed by atoms with E-state index in [1.165, 1.54) is 23.5 Å². The van der Waals surface area contributed by atoms with Gasteiger partial charge in [0, 0.05) is 0 Å². The van der Waals surface area contributed by atoms with Crippen LogP contribution in [-0.4, -0.2) is 12.4 Å². The standard InChI is InChI=1S/C13H18N2/c1-10(2)11-5-7-12(8-6-11)15-13-4-3-9-14-13/h5-8,10H,3-4,9H2,1-2H3,(H,14,15)/p+1. The Morgan fingerprint density at radius 3 is 2.47 bits per heavy atom. The summed E-state index contributed by atoms with van der Waals surface area (Å²) in [5.74, 6) is 1.86. The van der Waals surface area contributed by atoms with Crippen LogP contribution in [0.2, 0.25) is 0 Å². The van der Waals surface area contributed by atoms with Gasteiger partial charge in [0.05, 0.1) is 13.0 Å². The zero-order valence-corrected chi connectivity index (χ0v) is 9.51. The minimum atomic E-state index is 0.608. The Morgan fingerprint density at radius 1 is 1.20 bits per heavy atom. The lowest BCUT2D eigenvalue weighted by molar-refractivity contribution is -0.447. The van der Waals surface area contributed by atoms with E-state index in [1.807, 2.05) is 0 Å². The molecule has 0 atom stereocenters. The van der Waals surface area contributed by atoms with Crippen LogP contribution in [0.1, 0.15) is 38.2 Å². The summed E-state index contributed by atoms with van der Waals surface area (Å²) in [5.41, 5.74) is 2.58. The second-order valence-electron chi connectivity index (χ2n) is 4.41. The number of rotatable bonds is 2. The van der Waals surface area contributed by atoms with Gasteiger partial charge in [-0.1, -0.05) is 26.0 Å².